The van der Waals surface area contributed by atoms with Gasteiger partial charge in [0.05, 0.1) is 13.7 Å². The van der Waals surface area contributed by atoms with Crippen LogP contribution in [0.5, 0.6) is 11.5 Å². The Kier molecular flexibility index (Phi) is 12.9. The number of likely N-dealkylation sites (N-methyl/N-ethyl adjacent to an activating group) is 1. The molecule has 0 atom stereocenters. The molecule has 0 spiro atoms. The Balaban J connectivity index is 0.00000450. The molecule has 0 radical (unpaired) electrons. The van der Waals surface area contributed by atoms with Gasteiger partial charge in [0.15, 0.2) is 5.96 Å². The molecule has 30 heavy (non-hydrogen) atoms. The number of hydrogen-bond acceptors (Lipinski definition) is 5. The summed E-state index contributed by atoms with van der Waals surface area (Å²) >= 11 is 0. The highest BCUT2D eigenvalue weighted by atomic mass is 127. The second kappa shape index (κ2) is 14.6. The largest absolute Gasteiger partial charge is 0.497 e. The Morgan fingerprint density at radius 2 is 2.00 bits per heavy atom. The Bertz CT molecular complexity index is 652. The van der Waals surface area contributed by atoms with Crippen LogP contribution in [0.2, 0.25) is 0 Å². The number of ether oxygens (including phenoxy) is 2. The summed E-state index contributed by atoms with van der Waals surface area (Å²) in [6.07, 6.45) is 1.17. The first-order chi connectivity index (χ1) is 14.0. The molecule has 0 aromatic heterocycles. The number of alkyl halides is 2. The number of guanidine groups is 1. The van der Waals surface area contributed by atoms with Crippen LogP contribution in [-0.2, 0) is 6.54 Å². The van der Waals surface area contributed by atoms with E-state index in [-0.39, 0.29) is 36.3 Å². The number of nitrogens with zero attached hydrogens (tertiary/aromatic N) is 3. The van der Waals surface area contributed by atoms with Gasteiger partial charge in [0, 0.05) is 38.3 Å². The van der Waals surface area contributed by atoms with Gasteiger partial charge >= 0.3 is 6.61 Å². The molecule has 1 aromatic carbocycles. The quantitative estimate of drug-likeness (QED) is 0.285. The van der Waals surface area contributed by atoms with Gasteiger partial charge in [-0.25, -0.2) is 4.99 Å². The lowest BCUT2D eigenvalue weighted by Crippen LogP contribution is -2.42. The number of aliphatic imine (C=N–C) groups is 1. The first-order valence-electron chi connectivity index (χ1n) is 10.1. The number of halogens is 3. The van der Waals surface area contributed by atoms with Crippen molar-refractivity contribution in [2.45, 2.75) is 26.5 Å². The van der Waals surface area contributed by atoms with E-state index in [1.54, 1.807) is 12.1 Å². The second-order valence-electron chi connectivity index (χ2n) is 6.97. The molecule has 1 heterocycles. The molecule has 0 unspecified atom stereocenters. The molecule has 0 aliphatic carbocycles. The van der Waals surface area contributed by atoms with E-state index in [0.29, 0.717) is 23.8 Å². The molecule has 0 bridgehead atoms. The third-order valence-electron chi connectivity index (χ3n) is 4.77. The molecule has 0 amide bonds. The number of rotatable bonds is 9. The van der Waals surface area contributed by atoms with Crippen LogP contribution in [0.15, 0.2) is 23.2 Å². The molecular formula is C20H34F2IN5O2. The van der Waals surface area contributed by atoms with Crippen LogP contribution in [0.4, 0.5) is 8.78 Å². The van der Waals surface area contributed by atoms with E-state index in [4.69, 9.17) is 4.74 Å². The van der Waals surface area contributed by atoms with Crippen LogP contribution in [0.25, 0.3) is 0 Å². The van der Waals surface area contributed by atoms with Crippen molar-refractivity contribution in [3.05, 3.63) is 23.8 Å². The van der Waals surface area contributed by atoms with Crippen molar-refractivity contribution >= 4 is 29.9 Å². The molecule has 10 heteroatoms. The first kappa shape index (κ1) is 26.6. The maximum Gasteiger partial charge on any atom is 0.387 e. The van der Waals surface area contributed by atoms with Gasteiger partial charge in [-0.15, -0.1) is 24.0 Å². The molecular weight excluding hydrogens is 507 g/mol. The molecule has 1 aliphatic heterocycles. The highest BCUT2D eigenvalue weighted by Gasteiger charge is 2.13. The van der Waals surface area contributed by atoms with Crippen molar-refractivity contribution in [2.75, 3.05) is 60.0 Å². The third kappa shape index (κ3) is 9.61. The molecule has 2 N–H and O–H groups in total. The van der Waals surface area contributed by atoms with Crippen molar-refractivity contribution in [3.8, 4) is 11.5 Å². The summed E-state index contributed by atoms with van der Waals surface area (Å²) in [7, 11) is 3.69. The van der Waals surface area contributed by atoms with Gasteiger partial charge in [-0.05, 0) is 51.7 Å². The predicted molar refractivity (Wildman–Crippen MR) is 126 cm³/mol. The minimum absolute atomic E-state index is 0. The van der Waals surface area contributed by atoms with Crippen LogP contribution in [0, 0.1) is 0 Å². The van der Waals surface area contributed by atoms with Crippen molar-refractivity contribution < 1.29 is 18.3 Å². The molecule has 172 valence electrons. The van der Waals surface area contributed by atoms with E-state index in [1.165, 1.54) is 19.6 Å². The summed E-state index contributed by atoms with van der Waals surface area (Å²) in [6.45, 7) is 6.06. The van der Waals surface area contributed by atoms with Gasteiger partial charge < -0.3 is 29.9 Å². The van der Waals surface area contributed by atoms with E-state index in [0.717, 1.165) is 39.3 Å². The van der Waals surface area contributed by atoms with Crippen LogP contribution in [0.3, 0.4) is 0 Å². The Morgan fingerprint density at radius 1 is 1.20 bits per heavy atom. The van der Waals surface area contributed by atoms with E-state index in [1.807, 2.05) is 6.92 Å². The standard InChI is InChI=1S/C20H33F2N5O2.HI/c1-4-23-20(24-8-11-27-10-5-9-26(2)12-13-27)25-15-16-14-17(28-3)6-7-18(16)29-19(21)22;/h6-7,14,19H,4-5,8-13,15H2,1-3H3,(H2,23,24,25);1H. The smallest absolute Gasteiger partial charge is 0.387 e. The van der Waals surface area contributed by atoms with E-state index in [2.05, 4.69) is 37.2 Å². The van der Waals surface area contributed by atoms with Crippen LogP contribution >= 0.6 is 24.0 Å². The maximum atomic E-state index is 12.7. The minimum Gasteiger partial charge on any atom is -0.497 e. The van der Waals surface area contributed by atoms with Crippen molar-refractivity contribution in [1.82, 2.24) is 20.4 Å². The summed E-state index contributed by atoms with van der Waals surface area (Å²) in [5, 5.41) is 6.51. The van der Waals surface area contributed by atoms with Crippen molar-refractivity contribution in [1.29, 1.82) is 0 Å². The van der Waals surface area contributed by atoms with Gasteiger partial charge in [0.1, 0.15) is 11.5 Å². The number of hydrogen-bond donors (Lipinski definition) is 2. The van der Waals surface area contributed by atoms with Gasteiger partial charge in [-0.1, -0.05) is 0 Å². The predicted octanol–water partition coefficient (Wildman–Crippen LogP) is 2.61. The minimum atomic E-state index is -2.88. The lowest BCUT2D eigenvalue weighted by atomic mass is 10.2. The van der Waals surface area contributed by atoms with Gasteiger partial charge in [-0.3, -0.25) is 0 Å². The fraction of sp³-hybridized carbons (Fsp3) is 0.650. The summed E-state index contributed by atoms with van der Waals surface area (Å²) in [6, 6.07) is 4.73. The summed E-state index contributed by atoms with van der Waals surface area (Å²) < 4.78 is 35.2. The van der Waals surface area contributed by atoms with Crippen LogP contribution in [0.1, 0.15) is 18.9 Å². The molecule has 1 saturated heterocycles. The molecule has 1 aromatic rings. The van der Waals surface area contributed by atoms with E-state index < -0.39 is 6.61 Å². The van der Waals surface area contributed by atoms with Crippen molar-refractivity contribution in [2.24, 2.45) is 4.99 Å². The normalized spacial score (nSPS) is 16.0. The fourth-order valence-electron chi connectivity index (χ4n) is 3.18. The van der Waals surface area contributed by atoms with Gasteiger partial charge in [0.2, 0.25) is 0 Å². The monoisotopic (exact) mass is 541 g/mol. The number of benzene rings is 1. The number of nitrogens with one attached hydrogen (secondary N) is 2. The Morgan fingerprint density at radius 3 is 2.70 bits per heavy atom. The zero-order valence-electron chi connectivity index (χ0n) is 18.0. The van der Waals surface area contributed by atoms with Crippen molar-refractivity contribution in [3.63, 3.8) is 0 Å². The second-order valence-corrected chi connectivity index (χ2v) is 6.97. The summed E-state index contributed by atoms with van der Waals surface area (Å²) in [5.74, 6) is 1.32. The highest BCUT2D eigenvalue weighted by Crippen LogP contribution is 2.26. The number of methoxy groups -OCH3 is 1. The summed E-state index contributed by atoms with van der Waals surface area (Å²) in [4.78, 5) is 9.32. The van der Waals surface area contributed by atoms with Crippen LogP contribution in [-0.4, -0.2) is 82.3 Å². The SMILES string of the molecule is CCNC(=NCc1cc(OC)ccc1OC(F)F)NCCN1CCCN(C)CC1.I. The average molecular weight is 541 g/mol. The van der Waals surface area contributed by atoms with E-state index >= 15 is 0 Å². The molecule has 1 fully saturated rings. The Hall–Kier alpha value is -1.40. The van der Waals surface area contributed by atoms with Gasteiger partial charge in [0.25, 0.3) is 0 Å². The summed E-state index contributed by atoms with van der Waals surface area (Å²) in [5.41, 5.74) is 0.539. The first-order valence-corrected chi connectivity index (χ1v) is 10.1. The van der Waals surface area contributed by atoms with Gasteiger partial charge in [-0.2, -0.15) is 8.78 Å². The fourth-order valence-corrected chi connectivity index (χ4v) is 3.18. The zero-order chi connectivity index (χ0) is 21.1. The molecule has 0 saturated carbocycles. The Labute approximate surface area is 195 Å². The zero-order valence-corrected chi connectivity index (χ0v) is 20.3. The maximum absolute atomic E-state index is 12.7. The molecule has 7 nitrogen and oxygen atoms in total. The highest BCUT2D eigenvalue weighted by molar-refractivity contribution is 14.0. The third-order valence-corrected chi connectivity index (χ3v) is 4.77. The lowest BCUT2D eigenvalue weighted by molar-refractivity contribution is -0.0504. The average Bonchev–Trinajstić information content (AvgIpc) is 2.90. The molecule has 1 aliphatic rings. The van der Waals surface area contributed by atoms with E-state index in [9.17, 15) is 8.78 Å². The topological polar surface area (TPSA) is 61.4 Å². The van der Waals surface area contributed by atoms with Crippen LogP contribution < -0.4 is 20.1 Å². The lowest BCUT2D eigenvalue weighted by Gasteiger charge is -2.21. The molecule has 2 rings (SSSR count).